The summed E-state index contributed by atoms with van der Waals surface area (Å²) in [5.41, 5.74) is 0.547. The number of nitrogens with one attached hydrogen (secondary N) is 1. The summed E-state index contributed by atoms with van der Waals surface area (Å²) in [7, 11) is 0. The van der Waals surface area contributed by atoms with Crippen molar-refractivity contribution in [3.8, 4) is 11.5 Å². The van der Waals surface area contributed by atoms with Crippen LogP contribution in [0.3, 0.4) is 0 Å². The van der Waals surface area contributed by atoms with Crippen LogP contribution in [0.2, 0.25) is 0 Å². The smallest absolute Gasteiger partial charge is 0.306 e. The van der Waals surface area contributed by atoms with E-state index in [0.29, 0.717) is 31.2 Å². The number of aliphatic carboxylic acids is 1. The Morgan fingerprint density at radius 2 is 1.61 bits per heavy atom. The monoisotopic (exact) mass is 389 g/mol. The van der Waals surface area contributed by atoms with E-state index in [1.165, 1.54) is 30.3 Å². The van der Waals surface area contributed by atoms with Crippen LogP contribution < -0.4 is 10.1 Å². The zero-order chi connectivity index (χ0) is 20.1. The van der Waals surface area contributed by atoms with Gasteiger partial charge in [-0.1, -0.05) is 18.2 Å². The number of carboxylic acid groups (broad SMARTS) is 1. The highest BCUT2D eigenvalue weighted by molar-refractivity contribution is 5.79. The molecule has 28 heavy (non-hydrogen) atoms. The number of hydrogen-bond acceptors (Lipinski definition) is 3. The van der Waals surface area contributed by atoms with Crippen LogP contribution in [0.25, 0.3) is 0 Å². The summed E-state index contributed by atoms with van der Waals surface area (Å²) in [6.45, 7) is 0.147. The number of carbonyl (C=O) groups is 2. The van der Waals surface area contributed by atoms with Gasteiger partial charge < -0.3 is 15.2 Å². The summed E-state index contributed by atoms with van der Waals surface area (Å²) in [5.74, 6) is -2.98. The van der Waals surface area contributed by atoms with Crippen molar-refractivity contribution in [3.63, 3.8) is 0 Å². The van der Waals surface area contributed by atoms with Gasteiger partial charge in [0.1, 0.15) is 0 Å². The van der Waals surface area contributed by atoms with E-state index >= 15 is 0 Å². The molecule has 0 heterocycles. The first kappa shape index (κ1) is 19.8. The number of carboxylic acids is 1. The normalized spacial score (nSPS) is 19.1. The molecule has 2 aromatic carbocycles. The standard InChI is InChI=1S/C21H21F2NO4/c22-16-3-1-2-4-18(16)28-19-10-5-13(11-17(19)23)12-24-20(25)14-6-8-15(9-7-14)21(26)27/h1-5,10-11,14-15H,6-9,12H2,(H,24,25)(H,26,27). The van der Waals surface area contributed by atoms with E-state index in [2.05, 4.69) is 5.32 Å². The quantitative estimate of drug-likeness (QED) is 0.774. The van der Waals surface area contributed by atoms with Crippen molar-refractivity contribution in [2.45, 2.75) is 32.2 Å². The van der Waals surface area contributed by atoms with Crippen molar-refractivity contribution in [2.24, 2.45) is 11.8 Å². The minimum absolute atomic E-state index is 0.0700. The topological polar surface area (TPSA) is 75.6 Å². The Labute approximate surface area is 161 Å². The second-order valence-corrected chi connectivity index (χ2v) is 6.90. The molecule has 1 saturated carbocycles. The first-order valence-corrected chi connectivity index (χ1v) is 9.15. The predicted molar refractivity (Wildman–Crippen MR) is 97.8 cm³/mol. The number of rotatable bonds is 6. The lowest BCUT2D eigenvalue weighted by molar-refractivity contribution is -0.144. The average molecular weight is 389 g/mol. The Morgan fingerprint density at radius 3 is 2.25 bits per heavy atom. The molecule has 0 saturated heterocycles. The lowest BCUT2D eigenvalue weighted by Gasteiger charge is -2.25. The summed E-state index contributed by atoms with van der Waals surface area (Å²) in [4.78, 5) is 23.2. The first-order chi connectivity index (χ1) is 13.4. The minimum Gasteiger partial charge on any atom is -0.481 e. The van der Waals surface area contributed by atoms with E-state index in [-0.39, 0.29) is 35.8 Å². The van der Waals surface area contributed by atoms with Gasteiger partial charge in [0.2, 0.25) is 5.91 Å². The zero-order valence-corrected chi connectivity index (χ0v) is 15.2. The Bertz CT molecular complexity index is 863. The van der Waals surface area contributed by atoms with Crippen molar-refractivity contribution in [1.29, 1.82) is 0 Å². The molecule has 1 aliphatic carbocycles. The maximum Gasteiger partial charge on any atom is 0.306 e. The van der Waals surface area contributed by atoms with Crippen LogP contribution in [0.15, 0.2) is 42.5 Å². The molecule has 0 bridgehead atoms. The molecule has 1 amide bonds. The van der Waals surface area contributed by atoms with Gasteiger partial charge in [0.05, 0.1) is 5.92 Å². The van der Waals surface area contributed by atoms with Gasteiger partial charge in [-0.2, -0.15) is 0 Å². The second kappa shape index (κ2) is 8.82. The molecule has 2 N–H and O–H groups in total. The Hall–Kier alpha value is -2.96. The van der Waals surface area contributed by atoms with E-state index < -0.39 is 17.6 Å². The molecule has 0 aliphatic heterocycles. The first-order valence-electron chi connectivity index (χ1n) is 9.15. The Morgan fingerprint density at radius 1 is 0.964 bits per heavy atom. The summed E-state index contributed by atoms with van der Waals surface area (Å²) >= 11 is 0. The number of benzene rings is 2. The van der Waals surface area contributed by atoms with E-state index in [1.807, 2.05) is 0 Å². The van der Waals surface area contributed by atoms with Gasteiger partial charge in [0.15, 0.2) is 23.1 Å². The summed E-state index contributed by atoms with van der Waals surface area (Å²) < 4.78 is 33.1. The molecule has 0 radical (unpaired) electrons. The van der Waals surface area contributed by atoms with Crippen LogP contribution >= 0.6 is 0 Å². The molecule has 148 valence electrons. The maximum atomic E-state index is 14.2. The van der Waals surface area contributed by atoms with Crippen LogP contribution in [-0.2, 0) is 16.1 Å². The summed E-state index contributed by atoms with van der Waals surface area (Å²) in [5, 5.41) is 11.8. The van der Waals surface area contributed by atoms with E-state index in [4.69, 9.17) is 9.84 Å². The molecule has 5 nitrogen and oxygen atoms in total. The molecule has 3 rings (SSSR count). The summed E-state index contributed by atoms with van der Waals surface area (Å²) in [6, 6.07) is 9.95. The SMILES string of the molecule is O=C(O)C1CCC(C(=O)NCc2ccc(Oc3ccccc3F)c(F)c2)CC1. The maximum absolute atomic E-state index is 14.2. The Balaban J connectivity index is 1.54. The second-order valence-electron chi connectivity index (χ2n) is 6.90. The van der Waals surface area contributed by atoms with Gasteiger partial charge >= 0.3 is 5.97 Å². The highest BCUT2D eigenvalue weighted by Crippen LogP contribution is 2.29. The third kappa shape index (κ3) is 4.85. The van der Waals surface area contributed by atoms with Gasteiger partial charge in [-0.25, -0.2) is 8.78 Å². The molecule has 2 aromatic rings. The minimum atomic E-state index is -0.813. The highest BCUT2D eigenvalue weighted by atomic mass is 19.1. The fourth-order valence-corrected chi connectivity index (χ4v) is 3.32. The number of amides is 1. The molecule has 1 aliphatic rings. The summed E-state index contributed by atoms with van der Waals surface area (Å²) in [6.07, 6.45) is 2.05. The van der Waals surface area contributed by atoms with Crippen molar-refractivity contribution in [3.05, 3.63) is 59.7 Å². The lowest BCUT2D eigenvalue weighted by atomic mass is 9.81. The number of halogens is 2. The number of para-hydroxylation sites is 1. The van der Waals surface area contributed by atoms with Crippen LogP contribution in [0, 0.1) is 23.5 Å². The third-order valence-corrected chi connectivity index (χ3v) is 4.97. The van der Waals surface area contributed by atoms with Gasteiger partial charge in [0, 0.05) is 12.5 Å². The van der Waals surface area contributed by atoms with Crippen molar-refractivity contribution >= 4 is 11.9 Å². The molecule has 1 fully saturated rings. The number of ether oxygens (including phenoxy) is 1. The fraction of sp³-hybridized carbons (Fsp3) is 0.333. The van der Waals surface area contributed by atoms with Crippen LogP contribution in [-0.4, -0.2) is 17.0 Å². The average Bonchev–Trinajstić information content (AvgIpc) is 2.69. The van der Waals surface area contributed by atoms with E-state index in [0.717, 1.165) is 0 Å². The van der Waals surface area contributed by atoms with E-state index in [1.54, 1.807) is 12.1 Å². The molecule has 0 spiro atoms. The number of carbonyl (C=O) groups excluding carboxylic acids is 1. The van der Waals surface area contributed by atoms with Gasteiger partial charge in [-0.05, 0) is 55.5 Å². The number of hydrogen-bond donors (Lipinski definition) is 2. The molecule has 0 unspecified atom stereocenters. The van der Waals surface area contributed by atoms with Crippen molar-refractivity contribution in [1.82, 2.24) is 5.32 Å². The largest absolute Gasteiger partial charge is 0.481 e. The molecule has 7 heteroatoms. The third-order valence-electron chi connectivity index (χ3n) is 4.97. The van der Waals surface area contributed by atoms with E-state index in [9.17, 15) is 18.4 Å². The van der Waals surface area contributed by atoms with Crippen LogP contribution in [0.1, 0.15) is 31.2 Å². The molecule has 0 aromatic heterocycles. The van der Waals surface area contributed by atoms with Crippen molar-refractivity contribution < 1.29 is 28.2 Å². The molecular formula is C21H21F2NO4. The predicted octanol–water partition coefficient (Wildman–Crippen LogP) is 4.26. The van der Waals surface area contributed by atoms with Gasteiger partial charge in [-0.15, -0.1) is 0 Å². The molecule has 0 atom stereocenters. The highest BCUT2D eigenvalue weighted by Gasteiger charge is 2.29. The van der Waals surface area contributed by atoms with Crippen LogP contribution in [0.5, 0.6) is 11.5 Å². The Kier molecular flexibility index (Phi) is 6.23. The zero-order valence-electron chi connectivity index (χ0n) is 15.2. The fourth-order valence-electron chi connectivity index (χ4n) is 3.32. The van der Waals surface area contributed by atoms with Gasteiger partial charge in [-0.3, -0.25) is 9.59 Å². The lowest BCUT2D eigenvalue weighted by Crippen LogP contribution is -2.34. The van der Waals surface area contributed by atoms with Crippen LogP contribution in [0.4, 0.5) is 8.78 Å². The van der Waals surface area contributed by atoms with Gasteiger partial charge in [0.25, 0.3) is 0 Å². The van der Waals surface area contributed by atoms with Crippen molar-refractivity contribution in [2.75, 3.05) is 0 Å². The molecular weight excluding hydrogens is 368 g/mol.